The molecule has 2 rings (SSSR count). The smallest absolute Gasteiger partial charge is 0.129 e. The Kier molecular flexibility index (Phi) is 2.77. The van der Waals surface area contributed by atoms with Crippen molar-refractivity contribution < 1.29 is 9.84 Å². The summed E-state index contributed by atoms with van der Waals surface area (Å²) >= 11 is 3.49. The predicted octanol–water partition coefficient (Wildman–Crippen LogP) is 2.83. The summed E-state index contributed by atoms with van der Waals surface area (Å²) in [5.74, 6) is 0.898. The Labute approximate surface area is 98.4 Å². The van der Waals surface area contributed by atoms with Gasteiger partial charge in [-0.05, 0) is 43.9 Å². The Hall–Kier alpha value is -0.540. The zero-order valence-corrected chi connectivity index (χ0v) is 10.6. The van der Waals surface area contributed by atoms with Crippen molar-refractivity contribution in [1.82, 2.24) is 0 Å². The SMILES string of the molecule is Cc1cc2c(cc1Br)OC(C)(CO)CC2. The topological polar surface area (TPSA) is 29.5 Å². The van der Waals surface area contributed by atoms with E-state index in [1.807, 2.05) is 13.0 Å². The molecule has 1 aromatic rings. The average Bonchev–Trinajstić information content (AvgIpc) is 2.21. The molecule has 0 saturated heterocycles. The highest BCUT2D eigenvalue weighted by atomic mass is 79.9. The first-order valence-corrected chi connectivity index (χ1v) is 5.92. The number of ether oxygens (including phenoxy) is 1. The fourth-order valence-electron chi connectivity index (χ4n) is 1.84. The van der Waals surface area contributed by atoms with Gasteiger partial charge in [-0.25, -0.2) is 0 Å². The van der Waals surface area contributed by atoms with Crippen molar-refractivity contribution in [3.63, 3.8) is 0 Å². The Morgan fingerprint density at radius 3 is 2.93 bits per heavy atom. The second kappa shape index (κ2) is 3.80. The van der Waals surface area contributed by atoms with Crippen molar-refractivity contribution in [2.75, 3.05) is 6.61 Å². The van der Waals surface area contributed by atoms with Crippen molar-refractivity contribution in [1.29, 1.82) is 0 Å². The van der Waals surface area contributed by atoms with Crippen LogP contribution in [0.2, 0.25) is 0 Å². The lowest BCUT2D eigenvalue weighted by Crippen LogP contribution is -2.39. The number of hydrogen-bond donors (Lipinski definition) is 1. The third-order valence-electron chi connectivity index (χ3n) is 2.96. The van der Waals surface area contributed by atoms with Gasteiger partial charge < -0.3 is 9.84 Å². The van der Waals surface area contributed by atoms with Crippen LogP contribution < -0.4 is 4.74 Å². The Morgan fingerprint density at radius 2 is 2.27 bits per heavy atom. The van der Waals surface area contributed by atoms with Gasteiger partial charge in [-0.2, -0.15) is 0 Å². The van der Waals surface area contributed by atoms with Crippen LogP contribution in [0.25, 0.3) is 0 Å². The highest BCUT2D eigenvalue weighted by Gasteiger charge is 2.31. The van der Waals surface area contributed by atoms with E-state index in [9.17, 15) is 5.11 Å². The van der Waals surface area contributed by atoms with E-state index in [-0.39, 0.29) is 6.61 Å². The van der Waals surface area contributed by atoms with Crippen LogP contribution in [0.5, 0.6) is 5.75 Å². The highest BCUT2D eigenvalue weighted by molar-refractivity contribution is 9.10. The first-order chi connectivity index (χ1) is 7.04. The van der Waals surface area contributed by atoms with Gasteiger partial charge in [0.25, 0.3) is 0 Å². The van der Waals surface area contributed by atoms with Gasteiger partial charge >= 0.3 is 0 Å². The van der Waals surface area contributed by atoms with Crippen molar-refractivity contribution in [2.24, 2.45) is 0 Å². The van der Waals surface area contributed by atoms with Crippen molar-refractivity contribution in [3.8, 4) is 5.75 Å². The highest BCUT2D eigenvalue weighted by Crippen LogP contribution is 2.36. The van der Waals surface area contributed by atoms with E-state index >= 15 is 0 Å². The maximum atomic E-state index is 9.26. The van der Waals surface area contributed by atoms with Gasteiger partial charge in [-0.1, -0.05) is 22.0 Å². The molecule has 1 unspecified atom stereocenters. The van der Waals surface area contributed by atoms with E-state index in [2.05, 4.69) is 28.9 Å². The summed E-state index contributed by atoms with van der Waals surface area (Å²) in [4.78, 5) is 0. The van der Waals surface area contributed by atoms with E-state index in [1.54, 1.807) is 0 Å². The van der Waals surface area contributed by atoms with Gasteiger partial charge in [0.05, 0.1) is 6.61 Å². The van der Waals surface area contributed by atoms with Crippen LogP contribution in [0.3, 0.4) is 0 Å². The molecule has 1 N–H and O–H groups in total. The first-order valence-electron chi connectivity index (χ1n) is 5.13. The number of fused-ring (bicyclic) bond motifs is 1. The molecule has 1 aliphatic heterocycles. The van der Waals surface area contributed by atoms with Crippen molar-refractivity contribution in [2.45, 2.75) is 32.3 Å². The third-order valence-corrected chi connectivity index (χ3v) is 3.81. The monoisotopic (exact) mass is 270 g/mol. The van der Waals surface area contributed by atoms with Crippen LogP contribution in [0.1, 0.15) is 24.5 Å². The summed E-state index contributed by atoms with van der Waals surface area (Å²) in [7, 11) is 0. The molecule has 0 amide bonds. The quantitative estimate of drug-likeness (QED) is 0.851. The Balaban J connectivity index is 2.38. The molecule has 1 atom stereocenters. The molecule has 0 radical (unpaired) electrons. The van der Waals surface area contributed by atoms with Crippen molar-refractivity contribution in [3.05, 3.63) is 27.7 Å². The lowest BCUT2D eigenvalue weighted by Gasteiger charge is -2.34. The first kappa shape index (κ1) is 11.0. The maximum Gasteiger partial charge on any atom is 0.129 e. The predicted molar refractivity (Wildman–Crippen MR) is 63.3 cm³/mol. The molecule has 1 aliphatic rings. The zero-order chi connectivity index (χ0) is 11.1. The second-order valence-corrected chi connectivity index (χ2v) is 5.27. The number of benzene rings is 1. The molecule has 0 aliphatic carbocycles. The minimum absolute atomic E-state index is 0.0674. The fourth-order valence-corrected chi connectivity index (χ4v) is 2.16. The minimum Gasteiger partial charge on any atom is -0.485 e. The third kappa shape index (κ3) is 2.04. The van der Waals surface area contributed by atoms with Gasteiger partial charge in [0.1, 0.15) is 11.4 Å². The molecule has 3 heteroatoms. The van der Waals surface area contributed by atoms with Crippen LogP contribution in [0.15, 0.2) is 16.6 Å². The van der Waals surface area contributed by atoms with Crippen LogP contribution >= 0.6 is 15.9 Å². The lowest BCUT2D eigenvalue weighted by molar-refractivity contribution is 0.00801. The molecule has 0 fully saturated rings. The van der Waals surface area contributed by atoms with Crippen LogP contribution in [0, 0.1) is 6.92 Å². The summed E-state index contributed by atoms with van der Waals surface area (Å²) in [6.07, 6.45) is 1.85. The average molecular weight is 271 g/mol. The normalized spacial score (nSPS) is 24.5. The largest absolute Gasteiger partial charge is 0.485 e. The van der Waals surface area contributed by atoms with E-state index in [1.165, 1.54) is 11.1 Å². The van der Waals surface area contributed by atoms with Gasteiger partial charge in [0.2, 0.25) is 0 Å². The summed E-state index contributed by atoms with van der Waals surface area (Å²) < 4.78 is 6.88. The number of aryl methyl sites for hydroxylation is 2. The standard InChI is InChI=1S/C12H15BrO2/c1-8-5-9-3-4-12(2,7-14)15-11(9)6-10(8)13/h5-6,14H,3-4,7H2,1-2H3. The Morgan fingerprint density at radius 1 is 1.53 bits per heavy atom. The van der Waals surface area contributed by atoms with Crippen LogP contribution in [0.4, 0.5) is 0 Å². The van der Waals surface area contributed by atoms with Gasteiger partial charge in [0, 0.05) is 4.47 Å². The summed E-state index contributed by atoms with van der Waals surface area (Å²) in [5, 5.41) is 9.26. The summed E-state index contributed by atoms with van der Waals surface area (Å²) in [5.41, 5.74) is 2.05. The van der Waals surface area contributed by atoms with Gasteiger partial charge in [0.15, 0.2) is 0 Å². The minimum atomic E-state index is -0.415. The molecule has 82 valence electrons. The van der Waals surface area contributed by atoms with E-state index in [0.29, 0.717) is 0 Å². The molecule has 0 saturated carbocycles. The summed E-state index contributed by atoms with van der Waals surface area (Å²) in [6.45, 7) is 4.09. The Bertz CT molecular complexity index is 389. The lowest BCUT2D eigenvalue weighted by atomic mass is 9.92. The van der Waals surface area contributed by atoms with Gasteiger partial charge in [-0.3, -0.25) is 0 Å². The van der Waals surface area contributed by atoms with E-state index < -0.39 is 5.60 Å². The maximum absolute atomic E-state index is 9.26. The molecule has 1 heterocycles. The van der Waals surface area contributed by atoms with E-state index in [4.69, 9.17) is 4.74 Å². The fraction of sp³-hybridized carbons (Fsp3) is 0.500. The van der Waals surface area contributed by atoms with E-state index in [0.717, 1.165) is 23.1 Å². The summed E-state index contributed by atoms with van der Waals surface area (Å²) in [6, 6.07) is 4.15. The second-order valence-electron chi connectivity index (χ2n) is 4.42. The van der Waals surface area contributed by atoms with Gasteiger partial charge in [-0.15, -0.1) is 0 Å². The molecule has 15 heavy (non-hydrogen) atoms. The van der Waals surface area contributed by atoms with Crippen LogP contribution in [-0.4, -0.2) is 17.3 Å². The number of aliphatic hydroxyl groups excluding tert-OH is 1. The number of halogens is 1. The van der Waals surface area contributed by atoms with Crippen molar-refractivity contribution >= 4 is 15.9 Å². The molecular formula is C12H15BrO2. The van der Waals surface area contributed by atoms with Crippen LogP contribution in [-0.2, 0) is 6.42 Å². The number of hydrogen-bond acceptors (Lipinski definition) is 2. The number of aliphatic hydroxyl groups is 1. The number of rotatable bonds is 1. The molecule has 1 aromatic carbocycles. The molecular weight excluding hydrogens is 256 g/mol. The zero-order valence-electron chi connectivity index (χ0n) is 9.01. The molecule has 2 nitrogen and oxygen atoms in total. The molecule has 0 spiro atoms. The molecule has 0 aromatic heterocycles. The molecule has 0 bridgehead atoms.